The van der Waals surface area contributed by atoms with E-state index >= 15 is 0 Å². The molecule has 1 heterocycles. The monoisotopic (exact) mass is 397 g/mol. The van der Waals surface area contributed by atoms with E-state index in [1.54, 1.807) is 0 Å². The Morgan fingerprint density at radius 1 is 0.867 bits per heavy atom. The fraction of sp³-hybridized carbons (Fsp3) is 0.385. The van der Waals surface area contributed by atoms with Crippen LogP contribution in [0.25, 0.3) is 16.9 Å². The highest BCUT2D eigenvalue weighted by Gasteiger charge is 2.54. The number of carbonyl (C=O) groups is 1. The molecule has 1 amide bonds. The van der Waals surface area contributed by atoms with E-state index in [2.05, 4.69) is 29.6 Å². The predicted octanol–water partition coefficient (Wildman–Crippen LogP) is 5.69. The van der Waals surface area contributed by atoms with Crippen LogP contribution in [0.1, 0.15) is 38.5 Å². The Labute approximate surface area is 177 Å². The summed E-state index contributed by atoms with van der Waals surface area (Å²) in [4.78, 5) is 18.5. The zero-order chi connectivity index (χ0) is 20.1. The third-order valence-electron chi connectivity index (χ3n) is 7.56. The highest BCUT2D eigenvalue weighted by molar-refractivity contribution is 5.95. The van der Waals surface area contributed by atoms with E-state index in [0.29, 0.717) is 5.95 Å². The number of hydrogen-bond acceptors (Lipinski definition) is 2. The number of benzene rings is 2. The summed E-state index contributed by atoms with van der Waals surface area (Å²) in [5.74, 6) is 3.05. The summed E-state index contributed by atoms with van der Waals surface area (Å²) >= 11 is 0. The van der Waals surface area contributed by atoms with E-state index in [4.69, 9.17) is 4.98 Å². The molecule has 0 spiro atoms. The summed E-state index contributed by atoms with van der Waals surface area (Å²) in [7, 11) is 0. The molecule has 0 aliphatic heterocycles. The average molecular weight is 398 g/mol. The van der Waals surface area contributed by atoms with Gasteiger partial charge in [-0.1, -0.05) is 48.5 Å². The maximum absolute atomic E-state index is 13.6. The second-order valence-corrected chi connectivity index (χ2v) is 9.67. The molecule has 4 fully saturated rings. The lowest BCUT2D eigenvalue weighted by Gasteiger charge is -2.55. The Balaban J connectivity index is 1.36. The maximum atomic E-state index is 13.6. The number of anilines is 1. The van der Waals surface area contributed by atoms with Gasteiger partial charge in [-0.3, -0.25) is 14.7 Å². The van der Waals surface area contributed by atoms with Crippen molar-refractivity contribution in [2.24, 2.45) is 23.2 Å². The summed E-state index contributed by atoms with van der Waals surface area (Å²) in [6, 6.07) is 20.3. The van der Waals surface area contributed by atoms with Gasteiger partial charge in [0.15, 0.2) is 0 Å². The fourth-order valence-electron chi connectivity index (χ4n) is 6.62. The quantitative estimate of drug-likeness (QED) is 0.614. The molecule has 152 valence electrons. The Kier molecular flexibility index (Phi) is 4.08. The molecular weight excluding hydrogens is 370 g/mol. The van der Waals surface area contributed by atoms with Crippen LogP contribution in [0.2, 0.25) is 0 Å². The molecule has 4 heteroatoms. The lowest BCUT2D eigenvalue weighted by atomic mass is 9.49. The van der Waals surface area contributed by atoms with Gasteiger partial charge >= 0.3 is 0 Å². The van der Waals surface area contributed by atoms with Crippen molar-refractivity contribution in [2.75, 3.05) is 5.32 Å². The van der Waals surface area contributed by atoms with E-state index in [1.807, 2.05) is 47.2 Å². The van der Waals surface area contributed by atoms with Gasteiger partial charge in [0.2, 0.25) is 11.9 Å². The van der Waals surface area contributed by atoms with E-state index in [1.165, 1.54) is 19.3 Å². The van der Waals surface area contributed by atoms with Crippen molar-refractivity contribution in [3.05, 3.63) is 66.9 Å². The van der Waals surface area contributed by atoms with Gasteiger partial charge < -0.3 is 0 Å². The molecule has 4 aliphatic carbocycles. The Hall–Kier alpha value is -2.88. The lowest BCUT2D eigenvalue weighted by Crippen LogP contribution is -2.52. The standard InChI is InChI=1S/C26H27N3O/c30-24(26-14-18-11-19(15-26)13-20(12-18)16-26)28-25-27-23(21-7-3-1-4-8-21)17-29(25)22-9-5-2-6-10-22/h1-10,17-20H,11-16H2,(H,27,28,30). The number of nitrogens with zero attached hydrogens (tertiary/aromatic N) is 2. The van der Waals surface area contributed by atoms with Gasteiger partial charge in [-0.05, 0) is 68.4 Å². The van der Waals surface area contributed by atoms with Crippen LogP contribution >= 0.6 is 0 Å². The first kappa shape index (κ1) is 17.9. The van der Waals surface area contributed by atoms with Crippen LogP contribution in [0.15, 0.2) is 66.9 Å². The first-order valence-electron chi connectivity index (χ1n) is 11.2. The third kappa shape index (κ3) is 2.97. The Morgan fingerprint density at radius 2 is 1.43 bits per heavy atom. The molecule has 0 radical (unpaired) electrons. The summed E-state index contributed by atoms with van der Waals surface area (Å²) in [5, 5.41) is 3.27. The molecule has 2 aromatic carbocycles. The van der Waals surface area contributed by atoms with Crippen LogP contribution in [0, 0.1) is 23.2 Å². The number of hydrogen-bond donors (Lipinski definition) is 1. The van der Waals surface area contributed by atoms with E-state index in [9.17, 15) is 4.79 Å². The molecule has 0 saturated heterocycles. The van der Waals surface area contributed by atoms with Crippen LogP contribution in [0.4, 0.5) is 5.95 Å². The minimum atomic E-state index is -0.185. The van der Waals surface area contributed by atoms with Crippen molar-refractivity contribution in [1.82, 2.24) is 9.55 Å². The Bertz CT molecular complexity index is 1030. The van der Waals surface area contributed by atoms with Crippen molar-refractivity contribution in [1.29, 1.82) is 0 Å². The van der Waals surface area contributed by atoms with Crippen LogP contribution in [0.3, 0.4) is 0 Å². The molecular formula is C26H27N3O. The molecule has 3 aromatic rings. The molecule has 0 unspecified atom stereocenters. The number of rotatable bonds is 4. The van der Waals surface area contributed by atoms with E-state index < -0.39 is 0 Å². The zero-order valence-electron chi connectivity index (χ0n) is 17.1. The molecule has 4 saturated carbocycles. The average Bonchev–Trinajstić information content (AvgIpc) is 3.18. The predicted molar refractivity (Wildman–Crippen MR) is 118 cm³/mol. The Morgan fingerprint density at radius 3 is 2.03 bits per heavy atom. The van der Waals surface area contributed by atoms with Gasteiger partial charge in [0.1, 0.15) is 0 Å². The third-order valence-corrected chi connectivity index (χ3v) is 7.56. The van der Waals surface area contributed by atoms with Gasteiger partial charge in [-0.25, -0.2) is 4.98 Å². The van der Waals surface area contributed by atoms with Crippen molar-refractivity contribution >= 4 is 11.9 Å². The van der Waals surface area contributed by atoms with Crippen molar-refractivity contribution in [3.8, 4) is 16.9 Å². The van der Waals surface area contributed by atoms with Crippen LogP contribution in [-0.2, 0) is 4.79 Å². The highest BCUT2D eigenvalue weighted by atomic mass is 16.2. The first-order valence-corrected chi connectivity index (χ1v) is 11.2. The number of amides is 1. The van der Waals surface area contributed by atoms with Crippen molar-refractivity contribution < 1.29 is 4.79 Å². The SMILES string of the molecule is O=C(Nc1nc(-c2ccccc2)cn1-c1ccccc1)C12CC3CC(CC(C3)C1)C2. The van der Waals surface area contributed by atoms with Gasteiger partial charge in [0.05, 0.1) is 11.1 Å². The van der Waals surface area contributed by atoms with Crippen LogP contribution < -0.4 is 5.32 Å². The van der Waals surface area contributed by atoms with Crippen molar-refractivity contribution in [2.45, 2.75) is 38.5 Å². The van der Waals surface area contributed by atoms with Gasteiger partial charge in [0.25, 0.3) is 0 Å². The molecule has 30 heavy (non-hydrogen) atoms. The largest absolute Gasteiger partial charge is 0.295 e. The molecule has 4 aliphatic rings. The normalized spacial score (nSPS) is 29.1. The number of nitrogens with one attached hydrogen (secondary N) is 1. The van der Waals surface area contributed by atoms with E-state index in [-0.39, 0.29) is 11.3 Å². The topological polar surface area (TPSA) is 46.9 Å². The van der Waals surface area contributed by atoms with Crippen LogP contribution in [-0.4, -0.2) is 15.5 Å². The minimum absolute atomic E-state index is 0.184. The molecule has 1 N–H and O–H groups in total. The highest BCUT2D eigenvalue weighted by Crippen LogP contribution is 2.60. The van der Waals surface area contributed by atoms with Crippen LogP contribution in [0.5, 0.6) is 0 Å². The summed E-state index contributed by atoms with van der Waals surface area (Å²) in [5.41, 5.74) is 2.75. The summed E-state index contributed by atoms with van der Waals surface area (Å²) in [6.45, 7) is 0. The number of aromatic nitrogens is 2. The molecule has 4 bridgehead atoms. The molecule has 7 rings (SSSR count). The minimum Gasteiger partial charge on any atom is -0.295 e. The van der Waals surface area contributed by atoms with Crippen molar-refractivity contribution in [3.63, 3.8) is 0 Å². The van der Waals surface area contributed by atoms with Gasteiger partial charge in [-0.2, -0.15) is 0 Å². The number of para-hydroxylation sites is 1. The second kappa shape index (κ2) is 6.83. The lowest BCUT2D eigenvalue weighted by molar-refractivity contribution is -0.140. The molecule has 4 nitrogen and oxygen atoms in total. The summed E-state index contributed by atoms with van der Waals surface area (Å²) < 4.78 is 2.01. The summed E-state index contributed by atoms with van der Waals surface area (Å²) in [6.07, 6.45) is 9.21. The maximum Gasteiger partial charge on any atom is 0.232 e. The van der Waals surface area contributed by atoms with Gasteiger partial charge in [0, 0.05) is 17.4 Å². The zero-order valence-corrected chi connectivity index (χ0v) is 17.1. The molecule has 0 atom stereocenters. The smallest absolute Gasteiger partial charge is 0.232 e. The number of imidazole rings is 1. The number of carbonyl (C=O) groups excluding carboxylic acids is 1. The van der Waals surface area contributed by atoms with E-state index in [0.717, 1.165) is 54.0 Å². The fourth-order valence-corrected chi connectivity index (χ4v) is 6.62. The molecule has 1 aromatic heterocycles. The first-order chi connectivity index (χ1) is 14.7. The van der Waals surface area contributed by atoms with Gasteiger partial charge in [-0.15, -0.1) is 0 Å². The second-order valence-electron chi connectivity index (χ2n) is 9.67.